The summed E-state index contributed by atoms with van der Waals surface area (Å²) in [7, 11) is 1.61. The van der Waals surface area contributed by atoms with Crippen molar-refractivity contribution in [2.75, 3.05) is 19.5 Å². The summed E-state index contributed by atoms with van der Waals surface area (Å²) in [5.74, 6) is 0.672. The van der Waals surface area contributed by atoms with Gasteiger partial charge in [-0.15, -0.1) is 0 Å². The third-order valence-corrected chi connectivity index (χ3v) is 2.94. The van der Waals surface area contributed by atoms with Crippen LogP contribution in [0.15, 0.2) is 30.6 Å². The van der Waals surface area contributed by atoms with Gasteiger partial charge in [-0.25, -0.2) is 4.68 Å². The summed E-state index contributed by atoms with van der Waals surface area (Å²) in [6.07, 6.45) is 3.62. The SMILES string of the molecule is CCOC(C)n1cc(-c2cccc(N)c2OC)cn1. The van der Waals surface area contributed by atoms with Crippen molar-refractivity contribution >= 4 is 5.69 Å². The predicted molar refractivity (Wildman–Crippen MR) is 75.0 cm³/mol. The molecule has 0 aliphatic rings. The van der Waals surface area contributed by atoms with E-state index in [-0.39, 0.29) is 6.23 Å². The highest BCUT2D eigenvalue weighted by molar-refractivity contribution is 5.76. The summed E-state index contributed by atoms with van der Waals surface area (Å²) < 4.78 is 12.6. The number of methoxy groups -OCH3 is 1. The molecule has 19 heavy (non-hydrogen) atoms. The van der Waals surface area contributed by atoms with E-state index in [4.69, 9.17) is 15.2 Å². The average molecular weight is 261 g/mol. The molecule has 0 spiro atoms. The molecule has 1 unspecified atom stereocenters. The molecule has 5 nitrogen and oxygen atoms in total. The van der Waals surface area contributed by atoms with E-state index in [0.29, 0.717) is 18.0 Å². The van der Waals surface area contributed by atoms with Crippen molar-refractivity contribution in [1.82, 2.24) is 9.78 Å². The summed E-state index contributed by atoms with van der Waals surface area (Å²) in [6, 6.07) is 5.67. The lowest BCUT2D eigenvalue weighted by molar-refractivity contribution is 0.0160. The standard InChI is InChI=1S/C14H19N3O2/c1-4-19-10(2)17-9-11(8-16-17)12-6-5-7-13(15)14(12)18-3/h5-10H,4,15H2,1-3H3. The van der Waals surface area contributed by atoms with Crippen molar-refractivity contribution in [2.45, 2.75) is 20.1 Å². The minimum absolute atomic E-state index is 0.0918. The molecule has 102 valence electrons. The van der Waals surface area contributed by atoms with Crippen LogP contribution >= 0.6 is 0 Å². The number of aromatic nitrogens is 2. The maximum absolute atomic E-state index is 5.91. The van der Waals surface area contributed by atoms with Gasteiger partial charge in [-0.05, 0) is 19.9 Å². The van der Waals surface area contributed by atoms with E-state index in [0.717, 1.165) is 11.1 Å². The fourth-order valence-electron chi connectivity index (χ4n) is 2.00. The molecule has 0 saturated carbocycles. The van der Waals surface area contributed by atoms with Crippen LogP contribution in [0, 0.1) is 0 Å². The van der Waals surface area contributed by atoms with Gasteiger partial charge in [-0.1, -0.05) is 12.1 Å². The fourth-order valence-corrected chi connectivity index (χ4v) is 2.00. The van der Waals surface area contributed by atoms with Gasteiger partial charge < -0.3 is 15.2 Å². The first-order valence-electron chi connectivity index (χ1n) is 6.26. The Morgan fingerprint density at radius 3 is 2.89 bits per heavy atom. The fraction of sp³-hybridized carbons (Fsp3) is 0.357. The molecule has 1 aromatic heterocycles. The summed E-state index contributed by atoms with van der Waals surface area (Å²) in [6.45, 7) is 4.57. The van der Waals surface area contributed by atoms with Gasteiger partial charge in [0.05, 0.1) is 19.0 Å². The third-order valence-electron chi connectivity index (χ3n) is 2.94. The number of para-hydroxylation sites is 1. The Bertz CT molecular complexity index is 551. The Kier molecular flexibility index (Phi) is 4.06. The average Bonchev–Trinajstić information content (AvgIpc) is 2.88. The summed E-state index contributed by atoms with van der Waals surface area (Å²) in [5, 5.41) is 4.31. The molecular weight excluding hydrogens is 242 g/mol. The second-order valence-corrected chi connectivity index (χ2v) is 4.19. The van der Waals surface area contributed by atoms with Crippen molar-refractivity contribution in [3.8, 4) is 16.9 Å². The first-order chi connectivity index (χ1) is 9.17. The van der Waals surface area contributed by atoms with Gasteiger partial charge in [0, 0.05) is 23.9 Å². The Labute approximate surface area is 112 Å². The van der Waals surface area contributed by atoms with Crippen molar-refractivity contribution in [1.29, 1.82) is 0 Å². The molecular formula is C14H19N3O2. The molecule has 0 aliphatic heterocycles. The number of hydrogen-bond acceptors (Lipinski definition) is 4. The van der Waals surface area contributed by atoms with Crippen molar-refractivity contribution in [3.05, 3.63) is 30.6 Å². The lowest BCUT2D eigenvalue weighted by Crippen LogP contribution is -2.09. The van der Waals surface area contributed by atoms with Crippen LogP contribution in [0.3, 0.4) is 0 Å². The first kappa shape index (κ1) is 13.4. The Balaban J connectivity index is 2.35. The van der Waals surface area contributed by atoms with Gasteiger partial charge in [0.1, 0.15) is 12.0 Å². The molecule has 5 heteroatoms. The number of anilines is 1. The van der Waals surface area contributed by atoms with Crippen LogP contribution in [0.4, 0.5) is 5.69 Å². The highest BCUT2D eigenvalue weighted by atomic mass is 16.5. The lowest BCUT2D eigenvalue weighted by atomic mass is 10.1. The van der Waals surface area contributed by atoms with E-state index in [1.807, 2.05) is 38.2 Å². The van der Waals surface area contributed by atoms with Crippen molar-refractivity contribution < 1.29 is 9.47 Å². The number of nitrogens with zero attached hydrogens (tertiary/aromatic N) is 2. The molecule has 2 rings (SSSR count). The second kappa shape index (κ2) is 5.75. The van der Waals surface area contributed by atoms with Crippen molar-refractivity contribution in [2.24, 2.45) is 0 Å². The number of nitrogen functional groups attached to an aromatic ring is 1. The molecule has 2 N–H and O–H groups in total. The zero-order valence-corrected chi connectivity index (χ0v) is 11.5. The summed E-state index contributed by atoms with van der Waals surface area (Å²) >= 11 is 0. The number of ether oxygens (including phenoxy) is 2. The molecule has 0 radical (unpaired) electrons. The highest BCUT2D eigenvalue weighted by Gasteiger charge is 2.12. The maximum atomic E-state index is 5.91. The summed E-state index contributed by atoms with van der Waals surface area (Å²) in [4.78, 5) is 0. The molecule has 2 aromatic rings. The maximum Gasteiger partial charge on any atom is 0.149 e. The number of benzene rings is 1. The van der Waals surface area contributed by atoms with E-state index in [2.05, 4.69) is 5.10 Å². The van der Waals surface area contributed by atoms with E-state index in [1.165, 1.54) is 0 Å². The molecule has 1 heterocycles. The smallest absolute Gasteiger partial charge is 0.149 e. The quantitative estimate of drug-likeness (QED) is 0.840. The van der Waals surface area contributed by atoms with Crippen LogP contribution in [0.2, 0.25) is 0 Å². The lowest BCUT2D eigenvalue weighted by Gasteiger charge is -2.12. The molecule has 1 atom stereocenters. The molecule has 1 aromatic carbocycles. The van der Waals surface area contributed by atoms with Crippen LogP contribution in [0.25, 0.3) is 11.1 Å². The van der Waals surface area contributed by atoms with Crippen molar-refractivity contribution in [3.63, 3.8) is 0 Å². The van der Waals surface area contributed by atoms with Gasteiger partial charge in [-0.3, -0.25) is 0 Å². The van der Waals surface area contributed by atoms with Crippen LogP contribution in [-0.2, 0) is 4.74 Å². The molecule has 0 amide bonds. The van der Waals surface area contributed by atoms with E-state index >= 15 is 0 Å². The van der Waals surface area contributed by atoms with Gasteiger partial charge >= 0.3 is 0 Å². The minimum atomic E-state index is -0.0918. The Morgan fingerprint density at radius 2 is 2.21 bits per heavy atom. The monoisotopic (exact) mass is 261 g/mol. The highest BCUT2D eigenvalue weighted by Crippen LogP contribution is 2.34. The topological polar surface area (TPSA) is 62.3 Å². The second-order valence-electron chi connectivity index (χ2n) is 4.19. The molecule has 0 aliphatic carbocycles. The number of rotatable bonds is 5. The Hall–Kier alpha value is -2.01. The minimum Gasteiger partial charge on any atom is -0.494 e. The van der Waals surface area contributed by atoms with Crippen LogP contribution in [0.5, 0.6) is 5.75 Å². The van der Waals surface area contributed by atoms with Crippen LogP contribution in [0.1, 0.15) is 20.1 Å². The van der Waals surface area contributed by atoms with Gasteiger partial charge in [0.15, 0.2) is 0 Å². The zero-order chi connectivity index (χ0) is 13.8. The van der Waals surface area contributed by atoms with E-state index < -0.39 is 0 Å². The molecule has 0 bridgehead atoms. The molecule has 0 saturated heterocycles. The van der Waals surface area contributed by atoms with E-state index in [1.54, 1.807) is 18.0 Å². The van der Waals surface area contributed by atoms with E-state index in [9.17, 15) is 0 Å². The molecule has 0 fully saturated rings. The first-order valence-corrected chi connectivity index (χ1v) is 6.26. The van der Waals surface area contributed by atoms with Crippen LogP contribution in [-0.4, -0.2) is 23.5 Å². The van der Waals surface area contributed by atoms with Gasteiger partial charge in [0.2, 0.25) is 0 Å². The van der Waals surface area contributed by atoms with Gasteiger partial charge in [0.25, 0.3) is 0 Å². The normalized spacial score (nSPS) is 12.4. The summed E-state index contributed by atoms with van der Waals surface area (Å²) in [5.41, 5.74) is 8.41. The Morgan fingerprint density at radius 1 is 1.42 bits per heavy atom. The number of hydrogen-bond donors (Lipinski definition) is 1. The largest absolute Gasteiger partial charge is 0.494 e. The van der Waals surface area contributed by atoms with Gasteiger partial charge in [-0.2, -0.15) is 5.10 Å². The number of nitrogens with two attached hydrogens (primary N) is 1. The zero-order valence-electron chi connectivity index (χ0n) is 11.5. The third kappa shape index (κ3) is 2.71. The predicted octanol–water partition coefficient (Wildman–Crippen LogP) is 2.70. The van der Waals surface area contributed by atoms with Crippen LogP contribution < -0.4 is 10.5 Å².